The summed E-state index contributed by atoms with van der Waals surface area (Å²) in [4.78, 5) is 3.23. The molecule has 0 saturated carbocycles. The Kier molecular flexibility index (Phi) is 4.57. The van der Waals surface area contributed by atoms with Gasteiger partial charge in [0.2, 0.25) is 0 Å². The Balaban J connectivity index is 2.34. The van der Waals surface area contributed by atoms with Gasteiger partial charge in [0.05, 0.1) is 13.2 Å². The minimum Gasteiger partial charge on any atom is -0.376 e. The summed E-state index contributed by atoms with van der Waals surface area (Å²) in [6.45, 7) is 6.79. The second kappa shape index (κ2) is 5.78. The molecule has 3 nitrogen and oxygen atoms in total. The number of hydrogen-bond acceptors (Lipinski definition) is 2. The van der Waals surface area contributed by atoms with E-state index in [9.17, 15) is 0 Å². The van der Waals surface area contributed by atoms with Gasteiger partial charge in [-0.25, -0.2) is 0 Å². The number of ether oxygens (including phenoxy) is 2. The van der Waals surface area contributed by atoms with Crippen LogP contribution < -0.4 is 0 Å². The summed E-state index contributed by atoms with van der Waals surface area (Å²) >= 11 is 0. The summed E-state index contributed by atoms with van der Waals surface area (Å²) in [5, 5.41) is 0. The summed E-state index contributed by atoms with van der Waals surface area (Å²) < 4.78 is 10.5. The first-order chi connectivity index (χ1) is 6.36. The Bertz CT molecular complexity index is 210. The summed E-state index contributed by atoms with van der Waals surface area (Å²) in [7, 11) is 0. The van der Waals surface area contributed by atoms with E-state index in [1.807, 2.05) is 26.0 Å². The molecule has 1 aromatic rings. The monoisotopic (exact) mass is 183 g/mol. The van der Waals surface area contributed by atoms with Crippen molar-refractivity contribution in [3.63, 3.8) is 0 Å². The molecule has 0 amide bonds. The van der Waals surface area contributed by atoms with E-state index in [1.165, 1.54) is 0 Å². The molecule has 74 valence electrons. The van der Waals surface area contributed by atoms with Gasteiger partial charge >= 0.3 is 0 Å². The lowest BCUT2D eigenvalue weighted by molar-refractivity contribution is 0.126. The van der Waals surface area contributed by atoms with E-state index in [0.29, 0.717) is 13.2 Å². The molecule has 0 aliphatic carbocycles. The maximum Gasteiger partial charge on any atom is 0.0865 e. The molecule has 0 radical (unpaired) electrons. The van der Waals surface area contributed by atoms with Crippen molar-refractivity contribution in [3.8, 4) is 0 Å². The van der Waals surface area contributed by atoms with Crippen molar-refractivity contribution in [1.82, 2.24) is 4.98 Å². The van der Waals surface area contributed by atoms with Crippen molar-refractivity contribution < 1.29 is 9.47 Å². The van der Waals surface area contributed by atoms with Crippen molar-refractivity contribution in [1.29, 1.82) is 0 Å². The Labute approximate surface area is 79.1 Å². The van der Waals surface area contributed by atoms with Crippen LogP contribution in [0.5, 0.6) is 0 Å². The Hall–Kier alpha value is -0.800. The highest BCUT2D eigenvalue weighted by molar-refractivity contribution is 5.11. The van der Waals surface area contributed by atoms with Crippen LogP contribution in [0.4, 0.5) is 0 Å². The van der Waals surface area contributed by atoms with Crippen LogP contribution >= 0.6 is 0 Å². The predicted octanol–water partition coefficient (Wildman–Crippen LogP) is 2.09. The zero-order valence-corrected chi connectivity index (χ0v) is 8.30. The molecule has 0 atom stereocenters. The van der Waals surface area contributed by atoms with Crippen LogP contribution in [0.25, 0.3) is 0 Å². The second-order valence-corrected chi connectivity index (χ2v) is 2.78. The van der Waals surface area contributed by atoms with Crippen LogP contribution in [0.15, 0.2) is 12.1 Å². The van der Waals surface area contributed by atoms with Gasteiger partial charge in [0, 0.05) is 24.6 Å². The summed E-state index contributed by atoms with van der Waals surface area (Å²) in [6, 6.07) is 4.06. The maximum atomic E-state index is 5.27. The third kappa shape index (κ3) is 3.61. The number of H-pyrrole nitrogens is 1. The molecule has 3 heteroatoms. The van der Waals surface area contributed by atoms with Crippen molar-refractivity contribution in [3.05, 3.63) is 23.5 Å². The van der Waals surface area contributed by atoms with Crippen LogP contribution in [0.2, 0.25) is 0 Å². The maximum absolute atomic E-state index is 5.27. The molecule has 0 saturated heterocycles. The molecule has 1 rings (SSSR count). The van der Waals surface area contributed by atoms with E-state index < -0.39 is 0 Å². The van der Waals surface area contributed by atoms with Crippen molar-refractivity contribution in [2.45, 2.75) is 27.1 Å². The van der Waals surface area contributed by atoms with E-state index >= 15 is 0 Å². The fraction of sp³-hybridized carbons (Fsp3) is 0.600. The minimum atomic E-state index is 0.655. The number of aromatic nitrogens is 1. The third-order valence-corrected chi connectivity index (χ3v) is 1.73. The smallest absolute Gasteiger partial charge is 0.0865 e. The standard InChI is InChI=1S/C10H17NO2/c1-3-12-7-9-5-6-10(11-9)8-13-4-2/h5-6,11H,3-4,7-8H2,1-2H3. The topological polar surface area (TPSA) is 34.2 Å². The first kappa shape index (κ1) is 10.3. The quantitative estimate of drug-likeness (QED) is 0.732. The number of aromatic amines is 1. The van der Waals surface area contributed by atoms with Gasteiger partial charge in [-0.3, -0.25) is 0 Å². The molecule has 0 aliphatic rings. The van der Waals surface area contributed by atoms with Crippen LogP contribution in [-0.2, 0) is 22.7 Å². The van der Waals surface area contributed by atoms with Gasteiger partial charge in [0.15, 0.2) is 0 Å². The average molecular weight is 183 g/mol. The molecule has 1 aromatic heterocycles. The SMILES string of the molecule is CCOCc1ccc(COCC)[nH]1. The van der Waals surface area contributed by atoms with Crippen molar-refractivity contribution >= 4 is 0 Å². The molecular formula is C10H17NO2. The number of nitrogens with one attached hydrogen (secondary N) is 1. The highest BCUT2D eigenvalue weighted by atomic mass is 16.5. The van der Waals surface area contributed by atoms with E-state index in [0.717, 1.165) is 24.6 Å². The molecule has 0 bridgehead atoms. The highest BCUT2D eigenvalue weighted by Crippen LogP contribution is 2.04. The zero-order valence-electron chi connectivity index (χ0n) is 8.30. The molecule has 1 heterocycles. The largest absolute Gasteiger partial charge is 0.376 e. The first-order valence-corrected chi connectivity index (χ1v) is 4.69. The van der Waals surface area contributed by atoms with Crippen LogP contribution in [0, 0.1) is 0 Å². The Morgan fingerprint density at radius 1 is 1.00 bits per heavy atom. The zero-order chi connectivity index (χ0) is 9.52. The highest BCUT2D eigenvalue weighted by Gasteiger charge is 1.97. The van der Waals surface area contributed by atoms with Gasteiger partial charge in [0.25, 0.3) is 0 Å². The number of hydrogen-bond donors (Lipinski definition) is 1. The average Bonchev–Trinajstić information content (AvgIpc) is 2.59. The summed E-state index contributed by atoms with van der Waals surface area (Å²) in [6.07, 6.45) is 0. The Morgan fingerprint density at radius 2 is 1.46 bits per heavy atom. The summed E-state index contributed by atoms with van der Waals surface area (Å²) in [5.74, 6) is 0. The third-order valence-electron chi connectivity index (χ3n) is 1.73. The van der Waals surface area contributed by atoms with Crippen molar-refractivity contribution in [2.75, 3.05) is 13.2 Å². The molecule has 0 fully saturated rings. The summed E-state index contributed by atoms with van der Waals surface area (Å²) in [5.41, 5.74) is 2.22. The molecule has 13 heavy (non-hydrogen) atoms. The van der Waals surface area contributed by atoms with Gasteiger partial charge in [0.1, 0.15) is 0 Å². The molecule has 0 aliphatic heterocycles. The van der Waals surface area contributed by atoms with Gasteiger partial charge in [-0.2, -0.15) is 0 Å². The first-order valence-electron chi connectivity index (χ1n) is 4.69. The Morgan fingerprint density at radius 3 is 1.85 bits per heavy atom. The fourth-order valence-corrected chi connectivity index (χ4v) is 1.08. The lowest BCUT2D eigenvalue weighted by Crippen LogP contribution is -1.94. The van der Waals surface area contributed by atoms with Crippen molar-refractivity contribution in [2.24, 2.45) is 0 Å². The van der Waals surface area contributed by atoms with Gasteiger partial charge in [-0.1, -0.05) is 0 Å². The van der Waals surface area contributed by atoms with Crippen LogP contribution in [0.1, 0.15) is 25.2 Å². The molecule has 0 spiro atoms. The lowest BCUT2D eigenvalue weighted by Gasteiger charge is -1.99. The predicted molar refractivity (Wildman–Crippen MR) is 51.5 cm³/mol. The van der Waals surface area contributed by atoms with E-state index in [1.54, 1.807) is 0 Å². The van der Waals surface area contributed by atoms with E-state index in [-0.39, 0.29) is 0 Å². The van der Waals surface area contributed by atoms with E-state index in [2.05, 4.69) is 4.98 Å². The normalized spacial score (nSPS) is 10.6. The fourth-order valence-electron chi connectivity index (χ4n) is 1.08. The second-order valence-electron chi connectivity index (χ2n) is 2.78. The minimum absolute atomic E-state index is 0.655. The van der Waals surface area contributed by atoms with Gasteiger partial charge in [-0.05, 0) is 26.0 Å². The molecular weight excluding hydrogens is 166 g/mol. The molecule has 0 unspecified atom stereocenters. The van der Waals surface area contributed by atoms with Gasteiger partial charge in [-0.15, -0.1) is 0 Å². The molecule has 1 N–H and O–H groups in total. The molecule has 0 aromatic carbocycles. The number of rotatable bonds is 6. The van der Waals surface area contributed by atoms with Crippen LogP contribution in [-0.4, -0.2) is 18.2 Å². The van der Waals surface area contributed by atoms with Gasteiger partial charge < -0.3 is 14.5 Å². The van der Waals surface area contributed by atoms with Crippen LogP contribution in [0.3, 0.4) is 0 Å². The van der Waals surface area contributed by atoms with E-state index in [4.69, 9.17) is 9.47 Å². The lowest BCUT2D eigenvalue weighted by atomic mass is 10.4.